The first-order valence-corrected chi connectivity index (χ1v) is 9.92. The van der Waals surface area contributed by atoms with E-state index in [4.69, 9.17) is 9.47 Å². The molecule has 1 aromatic heterocycles. The molecule has 7 heteroatoms. The fraction of sp³-hybridized carbons (Fsp3) is 0.476. The monoisotopic (exact) mass is 384 g/mol. The third kappa shape index (κ3) is 4.03. The van der Waals surface area contributed by atoms with Crippen LogP contribution < -0.4 is 10.1 Å². The Morgan fingerprint density at radius 2 is 1.93 bits per heavy atom. The summed E-state index contributed by atoms with van der Waals surface area (Å²) in [5, 5.41) is 7.83. The zero-order valence-electron chi connectivity index (χ0n) is 17.0. The Kier molecular flexibility index (Phi) is 6.34. The summed E-state index contributed by atoms with van der Waals surface area (Å²) in [6.07, 6.45) is 2.58. The average Bonchev–Trinajstić information content (AvgIpc) is 3.06. The second-order valence-corrected chi connectivity index (χ2v) is 6.73. The molecule has 1 atom stereocenters. The molecular weight excluding hydrogens is 356 g/mol. The lowest BCUT2D eigenvalue weighted by Gasteiger charge is -2.29. The van der Waals surface area contributed by atoms with Gasteiger partial charge in [-0.25, -0.2) is 9.48 Å². The third-order valence-corrected chi connectivity index (χ3v) is 4.51. The van der Waals surface area contributed by atoms with Gasteiger partial charge in [-0.2, -0.15) is 10.1 Å². The Morgan fingerprint density at radius 3 is 2.57 bits per heavy atom. The number of hydrogen-bond donors (Lipinski definition) is 1. The molecule has 1 N–H and O–H groups in total. The molecule has 0 unspecified atom stereocenters. The summed E-state index contributed by atoms with van der Waals surface area (Å²) in [5.74, 6) is 1.78. The number of benzene rings is 1. The van der Waals surface area contributed by atoms with Crippen LogP contribution in [0, 0.1) is 6.92 Å². The van der Waals surface area contributed by atoms with Crippen molar-refractivity contribution in [1.29, 1.82) is 0 Å². The Balaban J connectivity index is 2.07. The van der Waals surface area contributed by atoms with Gasteiger partial charge >= 0.3 is 5.97 Å². The minimum absolute atomic E-state index is 0.321. The van der Waals surface area contributed by atoms with Gasteiger partial charge in [0.25, 0.3) is 0 Å². The molecule has 0 saturated carbocycles. The van der Waals surface area contributed by atoms with E-state index in [2.05, 4.69) is 29.2 Å². The molecule has 0 spiro atoms. The first kappa shape index (κ1) is 19.9. The zero-order valence-corrected chi connectivity index (χ0v) is 17.0. The van der Waals surface area contributed by atoms with Crippen molar-refractivity contribution in [2.45, 2.75) is 53.0 Å². The fourth-order valence-corrected chi connectivity index (χ4v) is 3.35. The summed E-state index contributed by atoms with van der Waals surface area (Å²) < 4.78 is 12.8. The van der Waals surface area contributed by atoms with E-state index in [1.807, 2.05) is 38.1 Å². The van der Waals surface area contributed by atoms with Crippen LogP contribution in [-0.4, -0.2) is 33.9 Å². The van der Waals surface area contributed by atoms with Crippen molar-refractivity contribution in [2.75, 3.05) is 18.5 Å². The van der Waals surface area contributed by atoms with Crippen molar-refractivity contribution in [2.24, 2.45) is 0 Å². The second kappa shape index (κ2) is 8.91. The summed E-state index contributed by atoms with van der Waals surface area (Å²) in [4.78, 5) is 17.4. The number of carbonyl (C=O) groups is 1. The van der Waals surface area contributed by atoms with E-state index >= 15 is 0 Å². The summed E-state index contributed by atoms with van der Waals surface area (Å²) in [7, 11) is 0. The molecule has 3 rings (SSSR count). The number of rotatable bonds is 8. The molecule has 0 aliphatic carbocycles. The number of aromatic nitrogens is 3. The van der Waals surface area contributed by atoms with Crippen LogP contribution in [-0.2, 0) is 9.53 Å². The quantitative estimate of drug-likeness (QED) is 0.693. The molecule has 7 nitrogen and oxygen atoms in total. The van der Waals surface area contributed by atoms with Crippen LogP contribution >= 0.6 is 0 Å². The van der Waals surface area contributed by atoms with Crippen LogP contribution in [0.1, 0.15) is 57.5 Å². The molecular formula is C21H28N4O3. The summed E-state index contributed by atoms with van der Waals surface area (Å²) in [6.45, 7) is 8.80. The number of fused-ring (bicyclic) bond motifs is 1. The molecule has 28 heavy (non-hydrogen) atoms. The van der Waals surface area contributed by atoms with Gasteiger partial charge in [0.2, 0.25) is 5.95 Å². The van der Waals surface area contributed by atoms with Crippen molar-refractivity contribution in [3.05, 3.63) is 46.9 Å². The van der Waals surface area contributed by atoms with Gasteiger partial charge in [0.1, 0.15) is 17.6 Å². The molecule has 0 fully saturated rings. The van der Waals surface area contributed by atoms with E-state index in [0.717, 1.165) is 36.3 Å². The number of esters is 1. The average molecular weight is 384 g/mol. The lowest BCUT2D eigenvalue weighted by Crippen LogP contribution is -2.30. The van der Waals surface area contributed by atoms with Gasteiger partial charge in [0.15, 0.2) is 0 Å². The predicted molar refractivity (Wildman–Crippen MR) is 107 cm³/mol. The summed E-state index contributed by atoms with van der Waals surface area (Å²) in [5.41, 5.74) is 2.37. The van der Waals surface area contributed by atoms with E-state index in [-0.39, 0.29) is 5.97 Å². The molecule has 1 aromatic carbocycles. The van der Waals surface area contributed by atoms with Crippen molar-refractivity contribution in [3.8, 4) is 5.75 Å². The molecule has 0 radical (unpaired) electrons. The van der Waals surface area contributed by atoms with Crippen LogP contribution in [0.2, 0.25) is 0 Å². The number of nitrogens with zero attached hydrogens (tertiary/aromatic N) is 3. The topological polar surface area (TPSA) is 78.3 Å². The van der Waals surface area contributed by atoms with Crippen LogP contribution in [0.5, 0.6) is 5.75 Å². The van der Waals surface area contributed by atoms with E-state index in [1.165, 1.54) is 0 Å². The maximum Gasteiger partial charge on any atom is 0.338 e. The lowest BCUT2D eigenvalue weighted by molar-refractivity contribution is -0.139. The Hall–Kier alpha value is -2.83. The molecule has 1 aliphatic rings. The zero-order chi connectivity index (χ0) is 20.1. The molecule has 0 bridgehead atoms. The molecule has 0 saturated heterocycles. The number of allylic oxidation sites excluding steroid dienone is 1. The van der Waals surface area contributed by atoms with Gasteiger partial charge in [-0.05, 0) is 44.4 Å². The smallest absolute Gasteiger partial charge is 0.338 e. The number of anilines is 1. The standard InChI is InChI=1S/C21H28N4O3/c1-5-8-17-18(20(26)27-7-3)19(25-21(23-17)22-14(4)24-25)15-9-11-16(12-10-15)28-13-6-2/h9-12,19H,5-8,13H2,1-4H3,(H,22,23,24)/t19-/m0/s1. The Bertz CT molecular complexity index is 855. The molecule has 2 heterocycles. The highest BCUT2D eigenvalue weighted by Gasteiger charge is 2.35. The van der Waals surface area contributed by atoms with Gasteiger partial charge in [0, 0.05) is 5.70 Å². The van der Waals surface area contributed by atoms with Gasteiger partial charge in [-0.1, -0.05) is 32.4 Å². The largest absolute Gasteiger partial charge is 0.494 e. The van der Waals surface area contributed by atoms with Gasteiger partial charge in [0.05, 0.1) is 18.8 Å². The SMILES string of the molecule is CCCOc1ccc([C@H]2C(C(=O)OCC)=C(CCC)Nc3nc(C)nn32)cc1. The van der Waals surface area contributed by atoms with Gasteiger partial charge in [-0.15, -0.1) is 0 Å². The fourth-order valence-electron chi connectivity index (χ4n) is 3.35. The van der Waals surface area contributed by atoms with Crippen LogP contribution in [0.4, 0.5) is 5.95 Å². The molecule has 2 aromatic rings. The van der Waals surface area contributed by atoms with Crippen molar-refractivity contribution < 1.29 is 14.3 Å². The molecule has 1 aliphatic heterocycles. The van der Waals surface area contributed by atoms with E-state index in [0.29, 0.717) is 30.6 Å². The summed E-state index contributed by atoms with van der Waals surface area (Å²) >= 11 is 0. The highest BCUT2D eigenvalue weighted by molar-refractivity contribution is 5.92. The lowest BCUT2D eigenvalue weighted by atomic mass is 9.94. The number of ether oxygens (including phenoxy) is 2. The van der Waals surface area contributed by atoms with Crippen LogP contribution in [0.25, 0.3) is 0 Å². The van der Waals surface area contributed by atoms with Gasteiger partial charge in [-0.3, -0.25) is 0 Å². The van der Waals surface area contributed by atoms with Gasteiger partial charge < -0.3 is 14.8 Å². The van der Waals surface area contributed by atoms with Crippen molar-refractivity contribution in [1.82, 2.24) is 14.8 Å². The Labute approximate surface area is 165 Å². The highest BCUT2D eigenvalue weighted by atomic mass is 16.5. The second-order valence-electron chi connectivity index (χ2n) is 6.73. The van der Waals surface area contributed by atoms with E-state index < -0.39 is 6.04 Å². The maximum atomic E-state index is 12.9. The highest BCUT2D eigenvalue weighted by Crippen LogP contribution is 2.37. The van der Waals surface area contributed by atoms with Crippen molar-refractivity contribution in [3.63, 3.8) is 0 Å². The normalized spacial score (nSPS) is 15.8. The first-order valence-electron chi connectivity index (χ1n) is 9.92. The minimum atomic E-state index is -0.390. The maximum absolute atomic E-state index is 12.9. The van der Waals surface area contributed by atoms with Crippen LogP contribution in [0.15, 0.2) is 35.5 Å². The molecule has 0 amide bonds. The van der Waals surface area contributed by atoms with Crippen LogP contribution in [0.3, 0.4) is 0 Å². The van der Waals surface area contributed by atoms with Crippen molar-refractivity contribution >= 4 is 11.9 Å². The van der Waals surface area contributed by atoms with E-state index in [9.17, 15) is 4.79 Å². The number of carbonyl (C=O) groups excluding carboxylic acids is 1. The number of aryl methyl sites for hydroxylation is 1. The van der Waals surface area contributed by atoms with E-state index in [1.54, 1.807) is 4.68 Å². The third-order valence-electron chi connectivity index (χ3n) is 4.51. The number of nitrogens with one attached hydrogen (secondary N) is 1. The minimum Gasteiger partial charge on any atom is -0.494 e. The predicted octanol–water partition coefficient (Wildman–Crippen LogP) is 4.01. The molecule has 150 valence electrons. The Morgan fingerprint density at radius 1 is 1.18 bits per heavy atom. The number of hydrogen-bond acceptors (Lipinski definition) is 6. The summed E-state index contributed by atoms with van der Waals surface area (Å²) in [6, 6.07) is 7.42. The first-order chi connectivity index (χ1) is 13.6.